The molecule has 2 unspecified atom stereocenters. The molecule has 2 N–H and O–H groups in total. The van der Waals surface area contributed by atoms with Crippen molar-refractivity contribution in [2.24, 2.45) is 0 Å². The molecule has 0 aliphatic heterocycles. The minimum Gasteiger partial charge on any atom is -0.382 e. The highest BCUT2D eigenvalue weighted by Crippen LogP contribution is 2.26. The highest BCUT2D eigenvalue weighted by molar-refractivity contribution is 6.31. The molecule has 55 heavy (non-hydrogen) atoms. The minimum atomic E-state index is 0.395. The van der Waals surface area contributed by atoms with Crippen molar-refractivity contribution >= 4 is 56.4 Å². The van der Waals surface area contributed by atoms with Crippen LogP contribution in [-0.4, -0.2) is 97.5 Å². The first-order valence-corrected chi connectivity index (χ1v) is 20.9. The normalized spacial score (nSPS) is 12.5. The molecule has 302 valence electrons. The molecular weight excluding hydrogens is 727 g/mol. The molecule has 2 aromatic carbocycles. The summed E-state index contributed by atoms with van der Waals surface area (Å²) in [4.78, 5) is 13.7. The highest BCUT2D eigenvalue weighted by Gasteiger charge is 2.10. The molecule has 0 fully saturated rings. The molecular formula is C45H66Cl2N6O2. The maximum absolute atomic E-state index is 6.08. The van der Waals surface area contributed by atoms with Gasteiger partial charge in [-0.1, -0.05) is 48.7 Å². The van der Waals surface area contributed by atoms with E-state index in [0.717, 1.165) is 137 Å². The maximum Gasteiger partial charge on any atom is 0.0737 e. The lowest BCUT2D eigenvalue weighted by molar-refractivity contribution is 0.107. The molecule has 0 aliphatic rings. The topological polar surface area (TPSA) is 74.8 Å². The molecule has 0 bridgehead atoms. The quantitative estimate of drug-likeness (QED) is 0.0481. The fourth-order valence-corrected chi connectivity index (χ4v) is 6.60. The lowest BCUT2D eigenvalue weighted by atomic mass is 10.1. The van der Waals surface area contributed by atoms with Gasteiger partial charge in [-0.3, -0.25) is 9.97 Å². The molecule has 4 rings (SSSR count). The molecule has 0 amide bonds. The van der Waals surface area contributed by atoms with Gasteiger partial charge in [0.15, 0.2) is 0 Å². The summed E-state index contributed by atoms with van der Waals surface area (Å²) >= 11 is 12.1. The predicted octanol–water partition coefficient (Wildman–Crippen LogP) is 11.2. The van der Waals surface area contributed by atoms with E-state index in [1.807, 2.05) is 73.9 Å². The van der Waals surface area contributed by atoms with Crippen molar-refractivity contribution in [3.63, 3.8) is 0 Å². The minimum absolute atomic E-state index is 0.395. The van der Waals surface area contributed by atoms with E-state index in [0.29, 0.717) is 22.1 Å². The Kier molecular flexibility index (Phi) is 22.3. The zero-order valence-corrected chi connectivity index (χ0v) is 35.6. The Labute approximate surface area is 341 Å². The first kappa shape index (κ1) is 46.1. The summed E-state index contributed by atoms with van der Waals surface area (Å²) in [6.45, 7) is 28.0. The first-order chi connectivity index (χ1) is 26.6. The van der Waals surface area contributed by atoms with Crippen LogP contribution in [0.3, 0.4) is 0 Å². The monoisotopic (exact) mass is 792 g/mol. The largest absolute Gasteiger partial charge is 0.382 e. The van der Waals surface area contributed by atoms with Crippen LogP contribution in [0.25, 0.3) is 21.8 Å². The predicted molar refractivity (Wildman–Crippen MR) is 238 cm³/mol. The summed E-state index contributed by atoms with van der Waals surface area (Å²) < 4.78 is 11.3. The van der Waals surface area contributed by atoms with Gasteiger partial charge in [0.2, 0.25) is 0 Å². The number of nitrogens with one attached hydrogen (secondary N) is 2. The van der Waals surface area contributed by atoms with Crippen molar-refractivity contribution in [3.8, 4) is 0 Å². The Balaban J connectivity index is 0.000000296. The average molecular weight is 794 g/mol. The van der Waals surface area contributed by atoms with E-state index in [4.69, 9.17) is 32.7 Å². The molecule has 0 spiro atoms. The molecule has 0 aliphatic carbocycles. The van der Waals surface area contributed by atoms with E-state index in [9.17, 15) is 0 Å². The van der Waals surface area contributed by atoms with E-state index in [2.05, 4.69) is 71.3 Å². The van der Waals surface area contributed by atoms with E-state index in [1.165, 1.54) is 5.57 Å². The summed E-state index contributed by atoms with van der Waals surface area (Å²) in [5, 5.41) is 10.9. The summed E-state index contributed by atoms with van der Waals surface area (Å²) in [7, 11) is 0. The van der Waals surface area contributed by atoms with Gasteiger partial charge in [0.1, 0.15) is 0 Å². The van der Waals surface area contributed by atoms with Crippen LogP contribution in [0.5, 0.6) is 0 Å². The van der Waals surface area contributed by atoms with Gasteiger partial charge in [-0.05, 0) is 134 Å². The Morgan fingerprint density at radius 2 is 1.20 bits per heavy atom. The van der Waals surface area contributed by atoms with Gasteiger partial charge in [-0.2, -0.15) is 0 Å². The lowest BCUT2D eigenvalue weighted by Crippen LogP contribution is -2.29. The zero-order valence-electron chi connectivity index (χ0n) is 34.1. The van der Waals surface area contributed by atoms with Crippen LogP contribution < -0.4 is 10.6 Å². The van der Waals surface area contributed by atoms with E-state index < -0.39 is 0 Å². The maximum atomic E-state index is 6.08. The van der Waals surface area contributed by atoms with Crippen LogP contribution >= 0.6 is 23.2 Å². The number of benzene rings is 2. The number of hydrogen-bond donors (Lipinski definition) is 2. The Morgan fingerprint density at radius 1 is 0.727 bits per heavy atom. The lowest BCUT2D eigenvalue weighted by Gasteiger charge is -2.22. The molecule has 10 heteroatoms. The number of hydrogen-bond acceptors (Lipinski definition) is 8. The summed E-state index contributed by atoms with van der Waals surface area (Å²) in [6, 6.07) is 16.6. The van der Waals surface area contributed by atoms with Gasteiger partial charge in [-0.25, -0.2) is 0 Å². The van der Waals surface area contributed by atoms with Gasteiger partial charge in [-0.15, -0.1) is 13.2 Å². The fraction of sp³-hybridized carbons (Fsp3) is 0.511. The third-order valence-electron chi connectivity index (χ3n) is 9.57. The number of likely N-dealkylation sites (N-methyl/N-ethyl adjacent to an activating group) is 2. The number of halogens is 2. The van der Waals surface area contributed by atoms with Gasteiger partial charge < -0.3 is 29.9 Å². The summed E-state index contributed by atoms with van der Waals surface area (Å²) in [5.74, 6) is 0. The molecule has 0 saturated heterocycles. The number of pyridine rings is 2. The Hall–Kier alpha value is -3.24. The third-order valence-corrected chi connectivity index (χ3v) is 10.0. The average Bonchev–Trinajstić information content (AvgIpc) is 3.16. The van der Waals surface area contributed by atoms with Crippen molar-refractivity contribution < 1.29 is 9.47 Å². The molecule has 4 aromatic rings. The molecule has 2 atom stereocenters. The van der Waals surface area contributed by atoms with E-state index >= 15 is 0 Å². The van der Waals surface area contributed by atoms with Crippen molar-refractivity contribution in [2.45, 2.75) is 85.2 Å². The highest BCUT2D eigenvalue weighted by atomic mass is 35.5. The number of fused-ring (bicyclic) bond motifs is 2. The Morgan fingerprint density at radius 3 is 1.64 bits per heavy atom. The summed E-state index contributed by atoms with van der Waals surface area (Å²) in [6.07, 6.45) is 12.0. The Bertz CT molecular complexity index is 1710. The smallest absolute Gasteiger partial charge is 0.0737 e. The second-order valence-electron chi connectivity index (χ2n) is 14.3. The molecule has 8 nitrogen and oxygen atoms in total. The molecule has 2 aromatic heterocycles. The SMILES string of the molecule is C=C(C)CCOCCN(CC)CCCC(C)Nc1ccnc2cc(Cl)ccc12.C=CCCOCCN(CC)CCCC(C)Nc1ccnc2cc(Cl)ccc12. The van der Waals surface area contributed by atoms with Crippen LogP contribution in [0.4, 0.5) is 11.4 Å². The fourth-order valence-electron chi connectivity index (χ4n) is 6.27. The van der Waals surface area contributed by atoms with E-state index in [-0.39, 0.29) is 0 Å². The molecule has 0 saturated carbocycles. The van der Waals surface area contributed by atoms with E-state index in [1.54, 1.807) is 0 Å². The van der Waals surface area contributed by atoms with Crippen molar-refractivity contribution in [1.29, 1.82) is 0 Å². The van der Waals surface area contributed by atoms with Gasteiger partial charge >= 0.3 is 0 Å². The second kappa shape index (κ2) is 26.6. The zero-order chi connectivity index (χ0) is 39.8. The van der Waals surface area contributed by atoms with Crippen molar-refractivity contribution in [2.75, 3.05) is 76.3 Å². The molecule has 2 heterocycles. The second-order valence-corrected chi connectivity index (χ2v) is 15.2. The summed E-state index contributed by atoms with van der Waals surface area (Å²) in [5.41, 5.74) is 5.26. The number of aromatic nitrogens is 2. The van der Waals surface area contributed by atoms with Crippen molar-refractivity contribution in [1.82, 2.24) is 19.8 Å². The van der Waals surface area contributed by atoms with Crippen LogP contribution in [0.2, 0.25) is 10.0 Å². The number of anilines is 2. The van der Waals surface area contributed by atoms with Crippen LogP contribution in [0, 0.1) is 0 Å². The van der Waals surface area contributed by atoms with Gasteiger partial charge in [0.05, 0.1) is 37.5 Å². The van der Waals surface area contributed by atoms with Gasteiger partial charge in [0.25, 0.3) is 0 Å². The third kappa shape index (κ3) is 18.1. The molecule has 0 radical (unpaired) electrons. The van der Waals surface area contributed by atoms with Gasteiger partial charge in [0, 0.05) is 69.8 Å². The van der Waals surface area contributed by atoms with Crippen molar-refractivity contribution in [3.05, 3.63) is 95.8 Å². The van der Waals surface area contributed by atoms with Crippen LogP contribution in [-0.2, 0) is 9.47 Å². The number of rotatable bonds is 26. The van der Waals surface area contributed by atoms with Crippen LogP contribution in [0.1, 0.15) is 73.1 Å². The van der Waals surface area contributed by atoms with Crippen LogP contribution in [0.15, 0.2) is 85.7 Å². The first-order valence-electron chi connectivity index (χ1n) is 20.1. The number of ether oxygens (including phenoxy) is 2. The standard InChI is InChI=1S/C23H34ClN3O.C22H32ClN3O/c1-5-27(14-16-28-15-11-18(2)3)13-6-7-19(4)26-22-10-12-25-23-17-20(24)8-9-21(22)23;1-4-6-15-27-16-14-26(5-2)13-7-8-18(3)25-21-11-12-24-22-17-19(23)9-10-20(21)22/h8-10,12,17,19H,2,5-7,11,13-16H2,1,3-4H3,(H,25,26);4,9-12,17-18H,1,5-8,13-16H2,2-3H3,(H,24,25). The number of nitrogens with zero attached hydrogens (tertiary/aromatic N) is 4.